The van der Waals surface area contributed by atoms with Crippen LogP contribution in [0.1, 0.15) is 38.5 Å². The van der Waals surface area contributed by atoms with Gasteiger partial charge in [0, 0.05) is 20.1 Å². The van der Waals surface area contributed by atoms with E-state index in [1.54, 1.807) is 4.90 Å². The highest BCUT2D eigenvalue weighted by atomic mass is 16.5. The fourth-order valence-electron chi connectivity index (χ4n) is 3.04. The van der Waals surface area contributed by atoms with Crippen LogP contribution in [0.15, 0.2) is 0 Å². The molecule has 2 unspecified atom stereocenters. The Morgan fingerprint density at radius 2 is 1.95 bits per heavy atom. The van der Waals surface area contributed by atoms with Gasteiger partial charge in [0.25, 0.3) is 0 Å². The Bertz CT molecular complexity index is 355. The molecule has 2 amide bonds. The zero-order chi connectivity index (χ0) is 14.5. The molecule has 0 radical (unpaired) electrons. The van der Waals surface area contributed by atoms with Crippen LogP contribution in [0, 0.1) is 5.92 Å². The van der Waals surface area contributed by atoms with E-state index in [9.17, 15) is 9.59 Å². The summed E-state index contributed by atoms with van der Waals surface area (Å²) in [4.78, 5) is 24.4. The SMILES string of the molecule is CN(CC1CCCC1)C(=O)NCC1CCC(C(=O)O)O1. The molecular formula is C14H24N2O4. The number of nitrogens with one attached hydrogen (secondary N) is 1. The predicted molar refractivity (Wildman–Crippen MR) is 73.5 cm³/mol. The van der Waals surface area contributed by atoms with Crippen molar-refractivity contribution in [3.05, 3.63) is 0 Å². The highest BCUT2D eigenvalue weighted by Gasteiger charge is 2.30. The number of hydrogen-bond acceptors (Lipinski definition) is 3. The largest absolute Gasteiger partial charge is 0.479 e. The smallest absolute Gasteiger partial charge is 0.332 e. The number of carbonyl (C=O) groups excluding carboxylic acids is 1. The van der Waals surface area contributed by atoms with Gasteiger partial charge in [-0.2, -0.15) is 0 Å². The Labute approximate surface area is 119 Å². The molecule has 6 heteroatoms. The number of ether oxygens (including phenoxy) is 1. The molecule has 2 fully saturated rings. The number of aliphatic carboxylic acids is 1. The van der Waals surface area contributed by atoms with E-state index < -0.39 is 12.1 Å². The van der Waals surface area contributed by atoms with E-state index in [4.69, 9.17) is 9.84 Å². The Morgan fingerprint density at radius 1 is 1.25 bits per heavy atom. The molecule has 2 N–H and O–H groups in total. The summed E-state index contributed by atoms with van der Waals surface area (Å²) < 4.78 is 5.35. The summed E-state index contributed by atoms with van der Waals surface area (Å²) in [7, 11) is 1.81. The van der Waals surface area contributed by atoms with Crippen molar-refractivity contribution in [3.8, 4) is 0 Å². The number of hydrogen-bond donors (Lipinski definition) is 2. The van der Waals surface area contributed by atoms with Crippen molar-refractivity contribution in [2.24, 2.45) is 5.92 Å². The average molecular weight is 284 g/mol. The molecule has 0 aromatic rings. The van der Waals surface area contributed by atoms with Gasteiger partial charge in [0.05, 0.1) is 6.10 Å². The lowest BCUT2D eigenvalue weighted by Crippen LogP contribution is -2.42. The van der Waals surface area contributed by atoms with Gasteiger partial charge in [-0.15, -0.1) is 0 Å². The Kier molecular flexibility index (Phi) is 5.23. The van der Waals surface area contributed by atoms with Crippen LogP contribution in [0.25, 0.3) is 0 Å². The maximum Gasteiger partial charge on any atom is 0.332 e. The predicted octanol–water partition coefficient (Wildman–Crippen LogP) is 1.45. The van der Waals surface area contributed by atoms with Crippen molar-refractivity contribution >= 4 is 12.0 Å². The summed E-state index contributed by atoms with van der Waals surface area (Å²) in [5.41, 5.74) is 0. The Hall–Kier alpha value is -1.30. The maximum atomic E-state index is 11.9. The molecule has 6 nitrogen and oxygen atoms in total. The van der Waals surface area contributed by atoms with E-state index in [0.717, 1.165) is 6.54 Å². The van der Waals surface area contributed by atoms with Gasteiger partial charge in [0.15, 0.2) is 6.10 Å². The average Bonchev–Trinajstić information content (AvgIpc) is 3.06. The molecule has 2 rings (SSSR count). The van der Waals surface area contributed by atoms with E-state index in [2.05, 4.69) is 5.32 Å². The molecule has 0 aromatic heterocycles. The summed E-state index contributed by atoms with van der Waals surface area (Å²) in [5.74, 6) is -0.290. The van der Waals surface area contributed by atoms with Gasteiger partial charge in [-0.25, -0.2) is 9.59 Å². The summed E-state index contributed by atoms with van der Waals surface area (Å²) >= 11 is 0. The molecule has 2 atom stereocenters. The second kappa shape index (κ2) is 6.92. The summed E-state index contributed by atoms with van der Waals surface area (Å²) in [6, 6.07) is -0.0979. The van der Waals surface area contributed by atoms with Crippen LogP contribution in [-0.2, 0) is 9.53 Å². The summed E-state index contributed by atoms with van der Waals surface area (Å²) in [6.07, 6.45) is 5.28. The summed E-state index contributed by atoms with van der Waals surface area (Å²) in [6.45, 7) is 1.19. The van der Waals surface area contributed by atoms with Crippen LogP contribution >= 0.6 is 0 Å². The van der Waals surface area contributed by atoms with Crippen molar-refractivity contribution in [1.29, 1.82) is 0 Å². The van der Waals surface area contributed by atoms with E-state index in [1.165, 1.54) is 25.7 Å². The van der Waals surface area contributed by atoms with Crippen molar-refractivity contribution in [3.63, 3.8) is 0 Å². The minimum atomic E-state index is -0.919. The second-order valence-corrected chi connectivity index (χ2v) is 5.88. The van der Waals surface area contributed by atoms with Gasteiger partial charge in [-0.05, 0) is 31.6 Å². The number of rotatable bonds is 5. The fraction of sp³-hybridized carbons (Fsp3) is 0.857. The first-order chi connectivity index (χ1) is 9.56. The standard InChI is InChI=1S/C14H24N2O4/c1-16(9-10-4-2-3-5-10)14(19)15-8-11-6-7-12(20-11)13(17)18/h10-12H,2-9H2,1H3,(H,15,19)(H,17,18). The number of carbonyl (C=O) groups is 2. The number of carboxylic acid groups (broad SMARTS) is 1. The van der Waals surface area contributed by atoms with Gasteiger partial charge >= 0.3 is 12.0 Å². The second-order valence-electron chi connectivity index (χ2n) is 5.88. The van der Waals surface area contributed by atoms with E-state index in [1.807, 2.05) is 7.05 Å². The first kappa shape index (κ1) is 15.1. The van der Waals surface area contributed by atoms with Crippen LogP contribution in [0.4, 0.5) is 4.79 Å². The maximum absolute atomic E-state index is 11.9. The molecule has 2 aliphatic rings. The molecule has 0 aromatic carbocycles. The van der Waals surface area contributed by atoms with E-state index in [-0.39, 0.29) is 12.1 Å². The minimum Gasteiger partial charge on any atom is -0.479 e. The number of amides is 2. The van der Waals surface area contributed by atoms with Crippen molar-refractivity contribution in [1.82, 2.24) is 10.2 Å². The van der Waals surface area contributed by atoms with Crippen molar-refractivity contribution in [2.45, 2.75) is 50.7 Å². The van der Waals surface area contributed by atoms with Crippen molar-refractivity contribution in [2.75, 3.05) is 20.1 Å². The van der Waals surface area contributed by atoms with Gasteiger partial charge in [-0.1, -0.05) is 12.8 Å². The molecule has 114 valence electrons. The first-order valence-electron chi connectivity index (χ1n) is 7.43. The third-order valence-corrected chi connectivity index (χ3v) is 4.22. The van der Waals surface area contributed by atoms with Crippen LogP contribution in [0.2, 0.25) is 0 Å². The van der Waals surface area contributed by atoms with Gasteiger partial charge in [0.1, 0.15) is 0 Å². The number of carboxylic acids is 1. The quantitative estimate of drug-likeness (QED) is 0.801. The Morgan fingerprint density at radius 3 is 2.55 bits per heavy atom. The van der Waals surface area contributed by atoms with Gasteiger partial charge < -0.3 is 20.1 Å². The lowest BCUT2D eigenvalue weighted by molar-refractivity contribution is -0.149. The highest BCUT2D eigenvalue weighted by molar-refractivity contribution is 5.74. The third-order valence-electron chi connectivity index (χ3n) is 4.22. The van der Waals surface area contributed by atoms with Crippen molar-refractivity contribution < 1.29 is 19.4 Å². The molecule has 0 spiro atoms. The molecule has 1 saturated carbocycles. The lowest BCUT2D eigenvalue weighted by atomic mass is 10.1. The minimum absolute atomic E-state index is 0.0979. The molecule has 1 aliphatic heterocycles. The topological polar surface area (TPSA) is 78.9 Å². The molecule has 0 bridgehead atoms. The molecule has 1 saturated heterocycles. The number of nitrogens with zero attached hydrogens (tertiary/aromatic N) is 1. The lowest BCUT2D eigenvalue weighted by Gasteiger charge is -2.22. The Balaban J connectivity index is 1.65. The van der Waals surface area contributed by atoms with Crippen LogP contribution in [-0.4, -0.2) is 54.4 Å². The summed E-state index contributed by atoms with van der Waals surface area (Å²) in [5, 5.41) is 11.7. The van der Waals surface area contributed by atoms with Gasteiger partial charge in [-0.3, -0.25) is 0 Å². The van der Waals surface area contributed by atoms with Gasteiger partial charge in [0.2, 0.25) is 0 Å². The normalized spacial score (nSPS) is 26.6. The molecule has 1 aliphatic carbocycles. The van der Waals surface area contributed by atoms with E-state index >= 15 is 0 Å². The first-order valence-corrected chi connectivity index (χ1v) is 7.43. The van der Waals surface area contributed by atoms with Crippen LogP contribution in [0.5, 0.6) is 0 Å². The monoisotopic (exact) mass is 284 g/mol. The molecular weight excluding hydrogens is 260 g/mol. The van der Waals surface area contributed by atoms with Crippen LogP contribution < -0.4 is 5.32 Å². The molecule has 20 heavy (non-hydrogen) atoms. The zero-order valence-electron chi connectivity index (χ0n) is 12.0. The zero-order valence-corrected chi connectivity index (χ0v) is 12.0. The molecule has 1 heterocycles. The fourth-order valence-corrected chi connectivity index (χ4v) is 3.04. The third kappa shape index (κ3) is 4.10. The number of urea groups is 1. The van der Waals surface area contributed by atoms with Crippen LogP contribution in [0.3, 0.4) is 0 Å². The van der Waals surface area contributed by atoms with E-state index in [0.29, 0.717) is 25.3 Å². The highest BCUT2D eigenvalue weighted by Crippen LogP contribution is 2.25.